The molecule has 0 aliphatic rings. The third kappa shape index (κ3) is 6.84. The number of halogens is 1. The lowest BCUT2D eigenvalue weighted by Gasteiger charge is -2.31. The Hall–Kier alpha value is -1.55. The molecule has 0 aromatic heterocycles. The number of hydrogen-bond donors (Lipinski definition) is 3. The Bertz CT molecular complexity index is 700. The summed E-state index contributed by atoms with van der Waals surface area (Å²) >= 11 is 0. The number of benzene rings is 1. The van der Waals surface area contributed by atoms with Crippen molar-refractivity contribution in [1.82, 2.24) is 10.0 Å². The SMILES string of the molecule is CCC(CC)(CN)NC(=O)CCNS(=O)(=O)c1ccc(OC)c(OC)c1.Cl. The van der Waals surface area contributed by atoms with E-state index in [0.29, 0.717) is 30.9 Å². The maximum atomic E-state index is 12.4. The lowest BCUT2D eigenvalue weighted by molar-refractivity contribution is -0.122. The fourth-order valence-corrected chi connectivity index (χ4v) is 3.54. The van der Waals surface area contributed by atoms with Crippen LogP contribution in [0.5, 0.6) is 11.5 Å². The van der Waals surface area contributed by atoms with Crippen LogP contribution in [0.15, 0.2) is 23.1 Å². The summed E-state index contributed by atoms with van der Waals surface area (Å²) in [6.45, 7) is 4.23. The van der Waals surface area contributed by atoms with Crippen molar-refractivity contribution in [2.24, 2.45) is 5.73 Å². The molecule has 4 N–H and O–H groups in total. The van der Waals surface area contributed by atoms with E-state index in [1.165, 1.54) is 32.4 Å². The fourth-order valence-electron chi connectivity index (χ4n) is 2.49. The van der Waals surface area contributed by atoms with Crippen LogP contribution in [0.25, 0.3) is 0 Å². The van der Waals surface area contributed by atoms with Crippen LogP contribution in [-0.2, 0) is 14.8 Å². The van der Waals surface area contributed by atoms with Crippen LogP contribution in [0.1, 0.15) is 33.1 Å². The van der Waals surface area contributed by atoms with Gasteiger partial charge in [-0.15, -0.1) is 12.4 Å². The van der Waals surface area contributed by atoms with E-state index in [0.717, 1.165) is 0 Å². The van der Waals surface area contributed by atoms with Crippen molar-refractivity contribution >= 4 is 28.3 Å². The predicted molar refractivity (Wildman–Crippen MR) is 107 cm³/mol. The molecule has 1 aromatic rings. The molecule has 27 heavy (non-hydrogen) atoms. The highest BCUT2D eigenvalue weighted by atomic mass is 35.5. The minimum absolute atomic E-state index is 0. The summed E-state index contributed by atoms with van der Waals surface area (Å²) in [5, 5.41) is 2.90. The third-order valence-corrected chi connectivity index (χ3v) is 5.92. The average Bonchev–Trinajstić information content (AvgIpc) is 2.65. The number of hydrogen-bond acceptors (Lipinski definition) is 6. The lowest BCUT2D eigenvalue weighted by atomic mass is 9.93. The van der Waals surface area contributed by atoms with Gasteiger partial charge in [0.15, 0.2) is 11.5 Å². The largest absolute Gasteiger partial charge is 0.493 e. The van der Waals surface area contributed by atoms with E-state index in [-0.39, 0.29) is 36.2 Å². The summed E-state index contributed by atoms with van der Waals surface area (Å²) < 4.78 is 37.4. The highest BCUT2D eigenvalue weighted by Crippen LogP contribution is 2.29. The van der Waals surface area contributed by atoms with Gasteiger partial charge in [0.2, 0.25) is 15.9 Å². The minimum Gasteiger partial charge on any atom is -0.493 e. The summed E-state index contributed by atoms with van der Waals surface area (Å²) in [7, 11) is -0.867. The molecule has 0 spiro atoms. The maximum Gasteiger partial charge on any atom is 0.240 e. The summed E-state index contributed by atoms with van der Waals surface area (Å²) in [5.74, 6) is 0.504. The fraction of sp³-hybridized carbons (Fsp3) is 0.588. The highest BCUT2D eigenvalue weighted by molar-refractivity contribution is 7.89. The van der Waals surface area contributed by atoms with E-state index >= 15 is 0 Å². The van der Waals surface area contributed by atoms with E-state index < -0.39 is 15.6 Å². The Morgan fingerprint density at radius 2 is 1.74 bits per heavy atom. The van der Waals surface area contributed by atoms with E-state index in [1.54, 1.807) is 0 Å². The summed E-state index contributed by atoms with van der Waals surface area (Å²) in [6, 6.07) is 4.30. The molecule has 0 aliphatic heterocycles. The number of sulfonamides is 1. The second kappa shape index (κ2) is 11.3. The first-order valence-corrected chi connectivity index (χ1v) is 9.98. The molecule has 1 amide bonds. The Labute approximate surface area is 167 Å². The number of rotatable bonds is 11. The van der Waals surface area contributed by atoms with Crippen LogP contribution < -0.4 is 25.2 Å². The molecule has 8 nitrogen and oxygen atoms in total. The first kappa shape index (κ1) is 25.4. The molecular formula is C17H30ClN3O5S. The smallest absolute Gasteiger partial charge is 0.240 e. The molecule has 0 fully saturated rings. The number of nitrogens with one attached hydrogen (secondary N) is 2. The van der Waals surface area contributed by atoms with Crippen LogP contribution in [0.3, 0.4) is 0 Å². The van der Waals surface area contributed by atoms with Crippen LogP contribution >= 0.6 is 12.4 Å². The van der Waals surface area contributed by atoms with Gasteiger partial charge in [-0.1, -0.05) is 13.8 Å². The van der Waals surface area contributed by atoms with Crippen molar-refractivity contribution < 1.29 is 22.7 Å². The first-order valence-electron chi connectivity index (χ1n) is 8.50. The number of amides is 1. The summed E-state index contributed by atoms with van der Waals surface area (Å²) in [6.07, 6.45) is 1.44. The molecule has 0 heterocycles. The second-order valence-corrected chi connectivity index (χ2v) is 7.67. The molecule has 10 heteroatoms. The Morgan fingerprint density at radius 1 is 1.15 bits per heavy atom. The Balaban J connectivity index is 0.00000676. The van der Waals surface area contributed by atoms with E-state index in [1.807, 2.05) is 13.8 Å². The quantitative estimate of drug-likeness (QED) is 0.495. The van der Waals surface area contributed by atoms with Crippen molar-refractivity contribution in [3.05, 3.63) is 18.2 Å². The van der Waals surface area contributed by atoms with Gasteiger partial charge in [0.05, 0.1) is 24.7 Å². The highest BCUT2D eigenvalue weighted by Gasteiger charge is 2.26. The zero-order chi connectivity index (χ0) is 19.8. The van der Waals surface area contributed by atoms with Crippen molar-refractivity contribution in [2.75, 3.05) is 27.3 Å². The molecule has 156 valence electrons. The van der Waals surface area contributed by atoms with Gasteiger partial charge < -0.3 is 20.5 Å². The van der Waals surface area contributed by atoms with Crippen LogP contribution in [0, 0.1) is 0 Å². The van der Waals surface area contributed by atoms with Gasteiger partial charge in [-0.2, -0.15) is 0 Å². The van der Waals surface area contributed by atoms with Crippen LogP contribution in [0.4, 0.5) is 0 Å². The molecule has 1 aromatic carbocycles. The van der Waals surface area contributed by atoms with Gasteiger partial charge in [0.1, 0.15) is 0 Å². The number of ether oxygens (including phenoxy) is 2. The molecule has 0 atom stereocenters. The van der Waals surface area contributed by atoms with E-state index in [9.17, 15) is 13.2 Å². The average molecular weight is 424 g/mol. The molecule has 0 saturated heterocycles. The standard InChI is InChI=1S/C17H29N3O5S.ClH/c1-5-17(6-2,12-18)20-16(21)9-10-19-26(22,23)13-7-8-14(24-3)15(11-13)25-4;/h7-8,11,19H,5-6,9-10,12,18H2,1-4H3,(H,20,21);1H. The van der Waals surface area contributed by atoms with Crippen molar-refractivity contribution in [2.45, 2.75) is 43.5 Å². The summed E-state index contributed by atoms with van der Waals surface area (Å²) in [4.78, 5) is 12.1. The topological polar surface area (TPSA) is 120 Å². The molecule has 0 radical (unpaired) electrons. The predicted octanol–water partition coefficient (Wildman–Crippen LogP) is 1.43. The zero-order valence-corrected chi connectivity index (χ0v) is 17.8. The zero-order valence-electron chi connectivity index (χ0n) is 16.2. The summed E-state index contributed by atoms with van der Waals surface area (Å²) in [5.41, 5.74) is 5.31. The van der Waals surface area contributed by atoms with Crippen molar-refractivity contribution in [3.8, 4) is 11.5 Å². The first-order chi connectivity index (χ1) is 12.3. The Kier molecular flexibility index (Phi) is 10.7. The normalized spacial score (nSPS) is 11.4. The number of carbonyl (C=O) groups excluding carboxylic acids is 1. The molecule has 0 aliphatic carbocycles. The van der Waals surface area contributed by atoms with Gasteiger partial charge in [0, 0.05) is 25.6 Å². The molecule has 0 saturated carbocycles. The van der Waals surface area contributed by atoms with Crippen molar-refractivity contribution in [3.63, 3.8) is 0 Å². The minimum atomic E-state index is -3.76. The van der Waals surface area contributed by atoms with Crippen LogP contribution in [-0.4, -0.2) is 47.2 Å². The van der Waals surface area contributed by atoms with E-state index in [4.69, 9.17) is 15.2 Å². The third-order valence-electron chi connectivity index (χ3n) is 4.46. The van der Waals surface area contributed by atoms with Gasteiger partial charge in [-0.05, 0) is 25.0 Å². The molecule has 0 bridgehead atoms. The van der Waals surface area contributed by atoms with Gasteiger partial charge in [0.25, 0.3) is 0 Å². The lowest BCUT2D eigenvalue weighted by Crippen LogP contribution is -2.53. The maximum absolute atomic E-state index is 12.4. The second-order valence-electron chi connectivity index (χ2n) is 5.90. The monoisotopic (exact) mass is 423 g/mol. The van der Waals surface area contributed by atoms with Gasteiger partial charge in [-0.25, -0.2) is 13.1 Å². The van der Waals surface area contributed by atoms with Crippen LogP contribution in [0.2, 0.25) is 0 Å². The number of nitrogens with two attached hydrogens (primary N) is 1. The Morgan fingerprint density at radius 3 is 2.22 bits per heavy atom. The molecular weight excluding hydrogens is 394 g/mol. The van der Waals surface area contributed by atoms with Crippen molar-refractivity contribution in [1.29, 1.82) is 0 Å². The van der Waals surface area contributed by atoms with Gasteiger partial charge >= 0.3 is 0 Å². The number of carbonyl (C=O) groups is 1. The number of methoxy groups -OCH3 is 2. The van der Waals surface area contributed by atoms with E-state index in [2.05, 4.69) is 10.0 Å². The van der Waals surface area contributed by atoms with Gasteiger partial charge in [-0.3, -0.25) is 4.79 Å². The molecule has 0 unspecified atom stereocenters. The molecule has 1 rings (SSSR count).